The Bertz CT molecular complexity index is 914. The first-order chi connectivity index (χ1) is 16.0. The van der Waals surface area contributed by atoms with Crippen molar-refractivity contribution in [1.29, 1.82) is 0 Å². The molecule has 1 spiro atoms. The molecule has 0 bridgehead atoms. The summed E-state index contributed by atoms with van der Waals surface area (Å²) >= 11 is 0. The first kappa shape index (κ1) is 23.8. The molecule has 4 rings (SSSR count). The van der Waals surface area contributed by atoms with Gasteiger partial charge in [0, 0.05) is 56.5 Å². The van der Waals surface area contributed by atoms with Crippen molar-refractivity contribution in [3.63, 3.8) is 0 Å². The number of carbonyl (C=O) groups is 1. The van der Waals surface area contributed by atoms with E-state index in [0.29, 0.717) is 12.3 Å². The number of hydrogen-bond donors (Lipinski definition) is 0. The summed E-state index contributed by atoms with van der Waals surface area (Å²) < 4.78 is 14.1. The summed E-state index contributed by atoms with van der Waals surface area (Å²) in [5.41, 5.74) is 2.84. The number of carbonyl (C=O) groups excluding carboxylic acids is 1. The minimum absolute atomic E-state index is 0.0390. The lowest BCUT2D eigenvalue weighted by molar-refractivity contribution is 0.0329. The maximum atomic E-state index is 13.0. The highest BCUT2D eigenvalue weighted by molar-refractivity contribution is 5.92. The molecule has 1 amide bonds. The fraction of sp³-hybridized carbons (Fsp3) is 0.615. The van der Waals surface area contributed by atoms with E-state index in [1.54, 1.807) is 4.68 Å². The quantitative estimate of drug-likeness (QED) is 0.658. The van der Waals surface area contributed by atoms with Crippen LogP contribution in [0.5, 0.6) is 5.75 Å². The van der Waals surface area contributed by atoms with Crippen molar-refractivity contribution in [2.45, 2.75) is 45.6 Å². The van der Waals surface area contributed by atoms with Gasteiger partial charge in [0.05, 0.1) is 13.2 Å². The molecule has 0 saturated carbocycles. The van der Waals surface area contributed by atoms with Gasteiger partial charge in [-0.1, -0.05) is 24.6 Å². The van der Waals surface area contributed by atoms with Gasteiger partial charge in [-0.3, -0.25) is 14.4 Å². The smallest absolute Gasteiger partial charge is 0.274 e. The van der Waals surface area contributed by atoms with Crippen LogP contribution in [0.1, 0.15) is 53.8 Å². The van der Waals surface area contributed by atoms with E-state index in [0.717, 1.165) is 82.9 Å². The van der Waals surface area contributed by atoms with E-state index in [-0.39, 0.29) is 11.3 Å². The Morgan fingerprint density at radius 1 is 1.03 bits per heavy atom. The van der Waals surface area contributed by atoms with Crippen molar-refractivity contribution >= 4 is 5.91 Å². The summed E-state index contributed by atoms with van der Waals surface area (Å²) in [6.45, 7) is 7.49. The normalized spacial score (nSPS) is 20.6. The van der Waals surface area contributed by atoms with Crippen molar-refractivity contribution in [3.05, 3.63) is 47.3 Å². The van der Waals surface area contributed by atoms with Crippen LogP contribution in [0, 0.1) is 12.3 Å². The van der Waals surface area contributed by atoms with Crippen LogP contribution >= 0.6 is 0 Å². The second-order valence-electron chi connectivity index (χ2n) is 9.79. The van der Waals surface area contributed by atoms with E-state index in [1.165, 1.54) is 5.56 Å². The Morgan fingerprint density at radius 2 is 1.82 bits per heavy atom. The molecule has 1 saturated heterocycles. The minimum Gasteiger partial charge on any atom is -0.493 e. The largest absolute Gasteiger partial charge is 0.493 e. The van der Waals surface area contributed by atoms with Gasteiger partial charge in [-0.05, 0) is 51.8 Å². The van der Waals surface area contributed by atoms with E-state index in [1.807, 2.05) is 31.0 Å². The van der Waals surface area contributed by atoms with Crippen molar-refractivity contribution in [3.8, 4) is 5.75 Å². The Kier molecular flexibility index (Phi) is 7.71. The zero-order chi connectivity index (χ0) is 23.3. The first-order valence-corrected chi connectivity index (χ1v) is 12.2. The molecule has 1 aromatic carbocycles. The molecule has 3 heterocycles. The van der Waals surface area contributed by atoms with E-state index in [4.69, 9.17) is 9.47 Å². The van der Waals surface area contributed by atoms with Crippen LogP contribution < -0.4 is 4.74 Å². The minimum atomic E-state index is 0.0390. The summed E-state index contributed by atoms with van der Waals surface area (Å²) in [4.78, 5) is 17.3. The second kappa shape index (κ2) is 10.7. The Hall–Kier alpha value is -2.38. The maximum absolute atomic E-state index is 13.0. The third-order valence-electron chi connectivity index (χ3n) is 7.25. The first-order valence-electron chi connectivity index (χ1n) is 12.2. The highest BCUT2D eigenvalue weighted by Gasteiger charge is 2.37. The van der Waals surface area contributed by atoms with Crippen LogP contribution in [0.25, 0.3) is 0 Å². The highest BCUT2D eigenvalue weighted by Crippen LogP contribution is 2.38. The average Bonchev–Trinajstić information content (AvgIpc) is 3.15. The van der Waals surface area contributed by atoms with Crippen molar-refractivity contribution in [1.82, 2.24) is 19.6 Å². The molecule has 0 N–H and O–H groups in total. The topological polar surface area (TPSA) is 59.8 Å². The van der Waals surface area contributed by atoms with Crippen molar-refractivity contribution < 1.29 is 14.3 Å². The number of piperidine rings is 1. The van der Waals surface area contributed by atoms with Gasteiger partial charge in [0.25, 0.3) is 5.91 Å². The van der Waals surface area contributed by atoms with Gasteiger partial charge < -0.3 is 14.4 Å². The summed E-state index contributed by atoms with van der Waals surface area (Å²) in [5.74, 6) is 1.02. The summed E-state index contributed by atoms with van der Waals surface area (Å²) in [6, 6.07) is 10.2. The van der Waals surface area contributed by atoms with E-state index >= 15 is 0 Å². The van der Waals surface area contributed by atoms with Gasteiger partial charge in [0.15, 0.2) is 5.69 Å². The van der Waals surface area contributed by atoms with Crippen molar-refractivity contribution in [2.24, 2.45) is 12.5 Å². The Labute approximate surface area is 197 Å². The van der Waals surface area contributed by atoms with Crippen LogP contribution in [0.4, 0.5) is 0 Å². The number of fused-ring (bicyclic) bond motifs is 1. The molecule has 0 atom stereocenters. The van der Waals surface area contributed by atoms with Gasteiger partial charge in [-0.15, -0.1) is 0 Å². The number of aromatic nitrogens is 2. The lowest BCUT2D eigenvalue weighted by Gasteiger charge is -2.42. The fourth-order valence-electron chi connectivity index (χ4n) is 4.88. The molecule has 0 unspecified atom stereocenters. The number of benzene rings is 1. The van der Waals surface area contributed by atoms with Crippen molar-refractivity contribution in [2.75, 3.05) is 46.5 Å². The maximum Gasteiger partial charge on any atom is 0.274 e. The van der Waals surface area contributed by atoms with E-state index < -0.39 is 0 Å². The molecule has 2 aliphatic heterocycles. The molecule has 7 heteroatoms. The lowest BCUT2D eigenvalue weighted by Crippen LogP contribution is -2.45. The van der Waals surface area contributed by atoms with Crippen LogP contribution in [0.2, 0.25) is 0 Å². The SMILES string of the molecule is Cc1cc(C(=O)N2CCC3(CCCCOCCN(C)Cc4ccccc4OC3)CC2)nn1C. The second-order valence-corrected chi connectivity index (χ2v) is 9.79. The number of ether oxygens (including phenoxy) is 2. The standard InChI is InChI=1S/C26H38N4O3/c1-21-18-23(27-29(21)3)25(31)30-13-11-26(12-14-30)10-6-7-16-32-17-15-28(2)19-22-8-4-5-9-24(22)33-20-26/h4-5,8-9,18H,6-7,10-17,19-20H2,1-3H3. The molecular formula is C26H38N4O3. The number of para-hydroxylation sites is 1. The van der Waals surface area contributed by atoms with Gasteiger partial charge in [-0.2, -0.15) is 5.10 Å². The van der Waals surface area contributed by atoms with Crippen LogP contribution in [0.15, 0.2) is 30.3 Å². The molecule has 0 aliphatic carbocycles. The fourth-order valence-corrected chi connectivity index (χ4v) is 4.88. The van der Waals surface area contributed by atoms with Gasteiger partial charge in [-0.25, -0.2) is 0 Å². The molecule has 1 aromatic heterocycles. The lowest BCUT2D eigenvalue weighted by atomic mass is 9.75. The number of nitrogens with zero attached hydrogens (tertiary/aromatic N) is 4. The predicted molar refractivity (Wildman–Crippen MR) is 128 cm³/mol. The zero-order valence-corrected chi connectivity index (χ0v) is 20.4. The van der Waals surface area contributed by atoms with E-state index in [9.17, 15) is 4.79 Å². The average molecular weight is 455 g/mol. The molecule has 2 aromatic rings. The molecule has 2 aliphatic rings. The number of amides is 1. The van der Waals surface area contributed by atoms with Gasteiger partial charge in [0.1, 0.15) is 5.75 Å². The summed E-state index contributed by atoms with van der Waals surface area (Å²) in [5, 5.41) is 4.39. The zero-order valence-electron chi connectivity index (χ0n) is 20.4. The number of likely N-dealkylation sites (N-methyl/N-ethyl adjacent to an activating group) is 1. The van der Waals surface area contributed by atoms with Crippen LogP contribution in [0.3, 0.4) is 0 Å². The van der Waals surface area contributed by atoms with E-state index in [2.05, 4.69) is 35.2 Å². The Balaban J connectivity index is 1.46. The molecule has 1 fully saturated rings. The number of aryl methyl sites for hydroxylation is 2. The summed E-state index contributed by atoms with van der Waals surface area (Å²) in [7, 11) is 4.01. The van der Waals surface area contributed by atoms with Crippen LogP contribution in [-0.4, -0.2) is 72.0 Å². The molecule has 180 valence electrons. The van der Waals surface area contributed by atoms with Gasteiger partial charge >= 0.3 is 0 Å². The third kappa shape index (κ3) is 5.95. The van der Waals surface area contributed by atoms with Crippen LogP contribution in [-0.2, 0) is 18.3 Å². The highest BCUT2D eigenvalue weighted by atomic mass is 16.5. The third-order valence-corrected chi connectivity index (χ3v) is 7.25. The molecule has 7 nitrogen and oxygen atoms in total. The molecular weight excluding hydrogens is 416 g/mol. The Morgan fingerprint density at radius 3 is 2.58 bits per heavy atom. The number of rotatable bonds is 1. The number of hydrogen-bond acceptors (Lipinski definition) is 5. The monoisotopic (exact) mass is 454 g/mol. The molecule has 33 heavy (non-hydrogen) atoms. The molecule has 0 radical (unpaired) electrons. The summed E-state index contributed by atoms with van der Waals surface area (Å²) in [6.07, 6.45) is 5.19. The van der Waals surface area contributed by atoms with Gasteiger partial charge in [0.2, 0.25) is 0 Å². The number of likely N-dealkylation sites (tertiary alicyclic amines) is 1. The predicted octanol–water partition coefficient (Wildman–Crippen LogP) is 3.66.